The van der Waals surface area contributed by atoms with E-state index in [1.54, 1.807) is 12.1 Å². The van der Waals surface area contributed by atoms with E-state index in [0.717, 1.165) is 30.2 Å². The van der Waals surface area contributed by atoms with Crippen molar-refractivity contribution < 1.29 is 13.2 Å². The lowest BCUT2D eigenvalue weighted by Gasteiger charge is -2.25. The van der Waals surface area contributed by atoms with Crippen molar-refractivity contribution in [3.63, 3.8) is 0 Å². The maximum absolute atomic E-state index is 12.7. The summed E-state index contributed by atoms with van der Waals surface area (Å²) in [5.74, 6) is -0.145. The molecule has 11 heteroatoms. The van der Waals surface area contributed by atoms with E-state index in [1.807, 2.05) is 24.3 Å². The highest BCUT2D eigenvalue weighted by Crippen LogP contribution is 2.24. The van der Waals surface area contributed by atoms with Gasteiger partial charge in [-0.15, -0.1) is 10.2 Å². The van der Waals surface area contributed by atoms with Crippen molar-refractivity contribution in [3.05, 3.63) is 48.5 Å². The van der Waals surface area contributed by atoms with E-state index in [-0.39, 0.29) is 16.6 Å². The molecule has 170 valence electrons. The summed E-state index contributed by atoms with van der Waals surface area (Å²) in [6, 6.07) is 14.0. The number of nitrogens with one attached hydrogen (secondary N) is 2. The number of para-hydroxylation sites is 1. The zero-order valence-corrected chi connectivity index (χ0v) is 19.3. The van der Waals surface area contributed by atoms with Crippen molar-refractivity contribution >= 4 is 55.4 Å². The summed E-state index contributed by atoms with van der Waals surface area (Å²) >= 11 is 1.18. The monoisotopic (exact) mass is 482 g/mol. The maximum Gasteiger partial charge on any atom is 0.243 e. The zero-order valence-electron chi connectivity index (χ0n) is 17.7. The number of thioether (sulfide) groups is 1. The number of anilines is 1. The fourth-order valence-electron chi connectivity index (χ4n) is 3.86. The largest absolute Gasteiger partial charge is 0.338 e. The van der Waals surface area contributed by atoms with E-state index in [4.69, 9.17) is 0 Å². The van der Waals surface area contributed by atoms with Gasteiger partial charge < -0.3 is 10.3 Å². The Morgan fingerprint density at radius 1 is 1.03 bits per heavy atom. The number of carbonyl (C=O) groups excluding carboxylic acids is 1. The maximum atomic E-state index is 12.7. The molecule has 4 aromatic rings. The van der Waals surface area contributed by atoms with E-state index in [2.05, 4.69) is 25.5 Å². The molecule has 33 heavy (non-hydrogen) atoms. The van der Waals surface area contributed by atoms with Gasteiger partial charge in [0.25, 0.3) is 0 Å². The topological polar surface area (TPSA) is 121 Å². The predicted molar refractivity (Wildman–Crippen MR) is 128 cm³/mol. The normalized spacial score (nSPS) is 15.2. The lowest BCUT2D eigenvalue weighted by atomic mass is 10.2. The lowest BCUT2D eigenvalue weighted by molar-refractivity contribution is -0.113. The zero-order chi connectivity index (χ0) is 22.8. The van der Waals surface area contributed by atoms with Crippen LogP contribution in [0.15, 0.2) is 58.6 Å². The van der Waals surface area contributed by atoms with Crippen molar-refractivity contribution in [3.8, 4) is 0 Å². The lowest BCUT2D eigenvalue weighted by Crippen LogP contribution is -2.35. The Morgan fingerprint density at radius 3 is 2.58 bits per heavy atom. The number of aromatic amines is 1. The van der Waals surface area contributed by atoms with Gasteiger partial charge in [0.1, 0.15) is 5.52 Å². The highest BCUT2D eigenvalue weighted by Gasteiger charge is 2.25. The van der Waals surface area contributed by atoms with E-state index < -0.39 is 10.0 Å². The SMILES string of the molecule is O=C(CSc1nnc2c(n1)[nH]c1ccccc12)Nc1ccc(S(=O)(=O)N2CCCCC2)cc1. The van der Waals surface area contributed by atoms with E-state index >= 15 is 0 Å². The summed E-state index contributed by atoms with van der Waals surface area (Å²) in [5.41, 5.74) is 2.78. The average Bonchev–Trinajstić information content (AvgIpc) is 3.21. The molecule has 2 N–H and O–H groups in total. The van der Waals surface area contributed by atoms with Crippen LogP contribution in [0.4, 0.5) is 5.69 Å². The van der Waals surface area contributed by atoms with E-state index in [0.29, 0.717) is 35.1 Å². The standard InChI is InChI=1S/C22H22N6O3S2/c29-19(14-32-22-25-21-20(26-27-22)17-6-2-3-7-18(17)24-21)23-15-8-10-16(11-9-15)33(30,31)28-12-4-1-5-13-28/h2-3,6-11H,1,4-5,12-14H2,(H,23,29)(H,24,25,27). The quantitative estimate of drug-likeness (QED) is 0.404. The van der Waals surface area contributed by atoms with Gasteiger partial charge in [0.15, 0.2) is 5.65 Å². The summed E-state index contributed by atoms with van der Waals surface area (Å²) in [7, 11) is -3.49. The number of nitrogens with zero attached hydrogens (tertiary/aromatic N) is 4. The Kier molecular flexibility index (Phi) is 6.00. The van der Waals surface area contributed by atoms with Crippen LogP contribution < -0.4 is 5.32 Å². The molecule has 0 aliphatic carbocycles. The summed E-state index contributed by atoms with van der Waals surface area (Å²) in [4.78, 5) is 20.3. The Bertz CT molecular complexity index is 1410. The molecule has 0 unspecified atom stereocenters. The molecule has 2 aromatic heterocycles. The summed E-state index contributed by atoms with van der Waals surface area (Å²) < 4.78 is 27.0. The van der Waals surface area contributed by atoms with Gasteiger partial charge in [-0.3, -0.25) is 4.79 Å². The van der Waals surface area contributed by atoms with Crippen LogP contribution in [0.1, 0.15) is 19.3 Å². The van der Waals surface area contributed by atoms with Crippen LogP contribution in [0.2, 0.25) is 0 Å². The van der Waals surface area contributed by atoms with Gasteiger partial charge in [0.05, 0.1) is 10.6 Å². The predicted octanol–water partition coefficient (Wildman–Crippen LogP) is 3.41. The molecule has 0 radical (unpaired) electrons. The minimum Gasteiger partial charge on any atom is -0.338 e. The first-order chi connectivity index (χ1) is 16.0. The van der Waals surface area contributed by atoms with Gasteiger partial charge in [0, 0.05) is 29.7 Å². The van der Waals surface area contributed by atoms with Crippen molar-refractivity contribution in [2.24, 2.45) is 0 Å². The van der Waals surface area contributed by atoms with Gasteiger partial charge in [-0.25, -0.2) is 13.4 Å². The number of piperidine rings is 1. The fraction of sp³-hybridized carbons (Fsp3) is 0.273. The Morgan fingerprint density at radius 2 is 1.79 bits per heavy atom. The number of hydrogen-bond donors (Lipinski definition) is 2. The van der Waals surface area contributed by atoms with Crippen molar-refractivity contribution in [1.29, 1.82) is 0 Å². The summed E-state index contributed by atoms with van der Waals surface area (Å²) in [6.07, 6.45) is 2.83. The van der Waals surface area contributed by atoms with Crippen LogP contribution in [0, 0.1) is 0 Å². The minimum atomic E-state index is -3.49. The number of fused-ring (bicyclic) bond motifs is 3. The molecule has 3 heterocycles. The number of benzene rings is 2. The molecule has 9 nitrogen and oxygen atoms in total. The van der Waals surface area contributed by atoms with Crippen LogP contribution in [0.25, 0.3) is 22.1 Å². The van der Waals surface area contributed by atoms with Crippen LogP contribution >= 0.6 is 11.8 Å². The second-order valence-corrected chi connectivity index (χ2v) is 10.7. The number of H-pyrrole nitrogens is 1. The van der Waals surface area contributed by atoms with Crippen molar-refractivity contribution in [2.45, 2.75) is 29.3 Å². The number of hydrogen-bond acceptors (Lipinski definition) is 7. The van der Waals surface area contributed by atoms with Crippen molar-refractivity contribution in [1.82, 2.24) is 24.5 Å². The van der Waals surface area contributed by atoms with Crippen LogP contribution in [-0.2, 0) is 14.8 Å². The number of aromatic nitrogens is 4. The van der Waals surface area contributed by atoms with Crippen LogP contribution in [0.5, 0.6) is 0 Å². The number of sulfonamides is 1. The molecule has 1 fully saturated rings. The Hall–Kier alpha value is -3.02. The van der Waals surface area contributed by atoms with Gasteiger partial charge in [-0.05, 0) is 43.2 Å². The second kappa shape index (κ2) is 9.08. The molecule has 1 amide bonds. The molecular weight excluding hydrogens is 460 g/mol. The summed E-state index contributed by atoms with van der Waals surface area (Å²) in [6.45, 7) is 1.11. The third-order valence-corrected chi connectivity index (χ3v) is 8.28. The molecule has 1 saturated heterocycles. The smallest absolute Gasteiger partial charge is 0.243 e. The molecule has 0 saturated carbocycles. The first-order valence-corrected chi connectivity index (χ1v) is 13.1. The Labute approximate surface area is 195 Å². The third kappa shape index (κ3) is 4.56. The molecule has 1 aliphatic heterocycles. The molecule has 0 bridgehead atoms. The van der Waals surface area contributed by atoms with Gasteiger partial charge in [-0.2, -0.15) is 4.31 Å². The molecule has 0 atom stereocenters. The first-order valence-electron chi connectivity index (χ1n) is 10.6. The number of carbonyl (C=O) groups is 1. The fourth-order valence-corrected chi connectivity index (χ4v) is 5.96. The highest BCUT2D eigenvalue weighted by atomic mass is 32.2. The van der Waals surface area contributed by atoms with Gasteiger partial charge >= 0.3 is 0 Å². The first kappa shape index (κ1) is 21.8. The Balaban J connectivity index is 1.21. The molecular formula is C22H22N6O3S2. The number of rotatable bonds is 6. The third-order valence-electron chi connectivity index (χ3n) is 5.53. The number of amides is 1. The van der Waals surface area contributed by atoms with Gasteiger partial charge in [-0.1, -0.05) is 36.4 Å². The second-order valence-electron chi connectivity index (χ2n) is 7.79. The molecule has 0 spiro atoms. The average molecular weight is 483 g/mol. The highest BCUT2D eigenvalue weighted by molar-refractivity contribution is 7.99. The summed E-state index contributed by atoms with van der Waals surface area (Å²) in [5, 5.41) is 12.5. The van der Waals surface area contributed by atoms with Gasteiger partial charge in [0.2, 0.25) is 21.1 Å². The van der Waals surface area contributed by atoms with E-state index in [9.17, 15) is 13.2 Å². The molecule has 2 aromatic carbocycles. The van der Waals surface area contributed by atoms with Crippen LogP contribution in [0.3, 0.4) is 0 Å². The molecule has 1 aliphatic rings. The van der Waals surface area contributed by atoms with Crippen LogP contribution in [-0.4, -0.2) is 57.6 Å². The van der Waals surface area contributed by atoms with Crippen molar-refractivity contribution in [2.75, 3.05) is 24.2 Å². The van der Waals surface area contributed by atoms with E-state index in [1.165, 1.54) is 28.2 Å². The molecule has 5 rings (SSSR count). The minimum absolute atomic E-state index is 0.0985.